The SMILES string of the molecule is CC1CCN(c2ncc3c4c(c(-c5ncc(F)c6c5C(C#N)=C(N)CS6)c(F)c3n2)COC4)C12CC2. The van der Waals surface area contributed by atoms with Gasteiger partial charge in [-0.15, -0.1) is 11.8 Å². The Morgan fingerprint density at radius 1 is 1.19 bits per heavy atom. The molecule has 36 heavy (non-hydrogen) atoms. The molecule has 7 rings (SSSR count). The Labute approximate surface area is 210 Å². The quantitative estimate of drug-likeness (QED) is 0.537. The number of rotatable bonds is 2. The number of thioether (sulfide) groups is 1. The van der Waals surface area contributed by atoms with Crippen LogP contribution in [0.4, 0.5) is 14.7 Å². The van der Waals surface area contributed by atoms with Gasteiger partial charge >= 0.3 is 0 Å². The van der Waals surface area contributed by atoms with E-state index < -0.39 is 11.6 Å². The van der Waals surface area contributed by atoms with Gasteiger partial charge in [-0.3, -0.25) is 4.98 Å². The third kappa shape index (κ3) is 2.84. The highest BCUT2D eigenvalue weighted by atomic mass is 32.2. The molecule has 2 aromatic heterocycles. The molecule has 1 aliphatic carbocycles. The highest BCUT2D eigenvalue weighted by Crippen LogP contribution is 2.54. The van der Waals surface area contributed by atoms with Crippen molar-refractivity contribution >= 4 is 34.2 Å². The molecule has 7 nitrogen and oxygen atoms in total. The first-order valence-electron chi connectivity index (χ1n) is 12.0. The number of halogens is 2. The second-order valence-corrected chi connectivity index (χ2v) is 11.0. The number of nitrogens with zero attached hydrogens (tertiary/aromatic N) is 5. The van der Waals surface area contributed by atoms with Crippen molar-refractivity contribution in [3.63, 3.8) is 0 Å². The van der Waals surface area contributed by atoms with Crippen LogP contribution < -0.4 is 10.6 Å². The first kappa shape index (κ1) is 21.9. The van der Waals surface area contributed by atoms with Crippen LogP contribution in [0.3, 0.4) is 0 Å². The van der Waals surface area contributed by atoms with E-state index in [1.165, 1.54) is 11.8 Å². The third-order valence-corrected chi connectivity index (χ3v) is 9.35. The fourth-order valence-corrected chi connectivity index (χ4v) is 7.07. The van der Waals surface area contributed by atoms with Crippen LogP contribution in [-0.2, 0) is 18.0 Å². The molecule has 1 saturated heterocycles. The lowest BCUT2D eigenvalue weighted by Gasteiger charge is -2.27. The number of ether oxygens (including phenoxy) is 1. The second kappa shape index (κ2) is 7.60. The summed E-state index contributed by atoms with van der Waals surface area (Å²) in [4.78, 5) is 16.2. The first-order chi connectivity index (χ1) is 17.4. The molecule has 4 aliphatic rings. The zero-order valence-electron chi connectivity index (χ0n) is 19.6. The van der Waals surface area contributed by atoms with Gasteiger partial charge < -0.3 is 15.4 Å². The number of benzene rings is 1. The van der Waals surface area contributed by atoms with Crippen LogP contribution in [0.15, 0.2) is 23.0 Å². The Morgan fingerprint density at radius 3 is 2.78 bits per heavy atom. The van der Waals surface area contributed by atoms with Crippen molar-refractivity contribution in [3.05, 3.63) is 46.4 Å². The smallest absolute Gasteiger partial charge is 0.226 e. The van der Waals surface area contributed by atoms with Crippen LogP contribution >= 0.6 is 11.8 Å². The van der Waals surface area contributed by atoms with Gasteiger partial charge in [-0.05, 0) is 36.3 Å². The van der Waals surface area contributed by atoms with E-state index in [-0.39, 0.29) is 57.3 Å². The number of anilines is 1. The lowest BCUT2D eigenvalue weighted by atomic mass is 9.91. The summed E-state index contributed by atoms with van der Waals surface area (Å²) in [5.74, 6) is 0.224. The van der Waals surface area contributed by atoms with E-state index in [4.69, 9.17) is 15.5 Å². The summed E-state index contributed by atoms with van der Waals surface area (Å²) < 4.78 is 37.0. The van der Waals surface area contributed by atoms with Crippen LogP contribution in [0.1, 0.15) is 42.9 Å². The van der Waals surface area contributed by atoms with Crippen LogP contribution in [0.5, 0.6) is 0 Å². The largest absolute Gasteiger partial charge is 0.400 e. The van der Waals surface area contributed by atoms with Crippen LogP contribution in [0.25, 0.3) is 27.7 Å². The van der Waals surface area contributed by atoms with Crippen molar-refractivity contribution in [1.82, 2.24) is 15.0 Å². The number of fused-ring (bicyclic) bond motifs is 4. The summed E-state index contributed by atoms with van der Waals surface area (Å²) in [6, 6.07) is 2.09. The first-order valence-corrected chi connectivity index (χ1v) is 13.0. The number of hydrogen-bond donors (Lipinski definition) is 1. The maximum absolute atomic E-state index is 16.5. The Bertz CT molecular complexity index is 1560. The Kier molecular flexibility index (Phi) is 4.64. The van der Waals surface area contributed by atoms with E-state index in [9.17, 15) is 9.65 Å². The number of hydrogen-bond acceptors (Lipinski definition) is 8. The van der Waals surface area contributed by atoms with Crippen LogP contribution in [-0.4, -0.2) is 32.8 Å². The van der Waals surface area contributed by atoms with Gasteiger partial charge in [-0.1, -0.05) is 6.92 Å². The second-order valence-electron chi connectivity index (χ2n) is 9.98. The molecule has 2 fully saturated rings. The average molecular weight is 505 g/mol. The van der Waals surface area contributed by atoms with E-state index in [0.717, 1.165) is 37.6 Å². The Balaban J connectivity index is 1.49. The van der Waals surface area contributed by atoms with Gasteiger partial charge in [0.05, 0.1) is 35.6 Å². The summed E-state index contributed by atoms with van der Waals surface area (Å²) in [6.45, 7) is 3.56. The van der Waals surface area contributed by atoms with E-state index in [0.29, 0.717) is 28.5 Å². The molecule has 3 aromatic rings. The molecule has 1 aromatic carbocycles. The summed E-state index contributed by atoms with van der Waals surface area (Å²) >= 11 is 1.19. The van der Waals surface area contributed by atoms with Gasteiger partial charge in [-0.25, -0.2) is 18.7 Å². The summed E-state index contributed by atoms with van der Waals surface area (Å²) in [7, 11) is 0. The van der Waals surface area contributed by atoms with Gasteiger partial charge in [0.2, 0.25) is 5.95 Å². The molecular formula is C26H22F2N6OS. The fourth-order valence-electron chi connectivity index (χ4n) is 6.10. The highest BCUT2D eigenvalue weighted by Gasteiger charge is 2.56. The summed E-state index contributed by atoms with van der Waals surface area (Å²) in [5, 5.41) is 10.4. The minimum absolute atomic E-state index is 0.0750. The van der Waals surface area contributed by atoms with Gasteiger partial charge in [-0.2, -0.15) is 5.26 Å². The van der Waals surface area contributed by atoms with Crippen molar-refractivity contribution in [2.75, 3.05) is 17.2 Å². The summed E-state index contributed by atoms with van der Waals surface area (Å²) in [5.41, 5.74) is 8.86. The maximum Gasteiger partial charge on any atom is 0.226 e. The molecule has 182 valence electrons. The Morgan fingerprint density at radius 2 is 2.00 bits per heavy atom. The normalized spacial score (nSPS) is 21.7. The van der Waals surface area contributed by atoms with Crippen LogP contribution in [0, 0.1) is 28.9 Å². The molecule has 10 heteroatoms. The molecule has 1 atom stereocenters. The number of aromatic nitrogens is 3. The minimum atomic E-state index is -0.567. The summed E-state index contributed by atoms with van der Waals surface area (Å²) in [6.07, 6.45) is 6.02. The molecular weight excluding hydrogens is 482 g/mol. The van der Waals surface area contributed by atoms with Gasteiger partial charge in [0.1, 0.15) is 11.6 Å². The van der Waals surface area contributed by atoms with E-state index >= 15 is 4.39 Å². The molecule has 5 heterocycles. The van der Waals surface area contributed by atoms with Crippen molar-refractivity contribution in [2.24, 2.45) is 11.7 Å². The molecule has 2 N–H and O–H groups in total. The average Bonchev–Trinajstić information content (AvgIpc) is 3.42. The standard InChI is InChI=1S/C26H22F2N6OS/c1-12-2-5-34(26(12)3-4-26)25-32-7-14-15-9-35-10-16(15)19(21(28)22(14)33-25)23-20-13(6-29)18(30)11-36-24(20)17(27)8-31-23/h7-8,12H,2-5,9-11,30H2,1H3. The van der Waals surface area contributed by atoms with Gasteiger partial charge in [0.15, 0.2) is 11.6 Å². The monoisotopic (exact) mass is 504 g/mol. The molecule has 1 unspecified atom stereocenters. The van der Waals surface area contributed by atoms with Crippen molar-refractivity contribution in [1.29, 1.82) is 5.26 Å². The van der Waals surface area contributed by atoms with Crippen molar-refractivity contribution in [2.45, 2.75) is 49.8 Å². The molecule has 0 amide bonds. The van der Waals surface area contributed by atoms with E-state index in [2.05, 4.69) is 27.9 Å². The third-order valence-electron chi connectivity index (χ3n) is 8.21. The predicted molar refractivity (Wildman–Crippen MR) is 132 cm³/mol. The molecule has 0 bridgehead atoms. The number of nitrogens with two attached hydrogens (primary N) is 1. The lowest BCUT2D eigenvalue weighted by molar-refractivity contribution is 0.135. The molecule has 1 saturated carbocycles. The van der Waals surface area contributed by atoms with Gasteiger partial charge in [0, 0.05) is 46.2 Å². The molecule has 0 radical (unpaired) electrons. The van der Waals surface area contributed by atoms with E-state index in [1.54, 1.807) is 6.20 Å². The maximum atomic E-state index is 16.5. The zero-order valence-corrected chi connectivity index (χ0v) is 20.4. The minimum Gasteiger partial charge on any atom is -0.400 e. The number of pyridine rings is 1. The van der Waals surface area contributed by atoms with Crippen molar-refractivity contribution in [3.8, 4) is 17.3 Å². The Hall–Kier alpha value is -3.29. The number of nitriles is 1. The fraction of sp³-hybridized carbons (Fsp3) is 0.385. The zero-order chi connectivity index (χ0) is 24.8. The topological polar surface area (TPSA) is 101 Å². The molecule has 1 spiro atoms. The molecule has 3 aliphatic heterocycles. The lowest BCUT2D eigenvalue weighted by Crippen LogP contribution is -2.35. The van der Waals surface area contributed by atoms with Crippen molar-refractivity contribution < 1.29 is 13.5 Å². The van der Waals surface area contributed by atoms with Crippen LogP contribution in [0.2, 0.25) is 0 Å². The number of allylic oxidation sites excluding steroid dienone is 1. The predicted octanol–water partition coefficient (Wildman–Crippen LogP) is 4.68. The highest BCUT2D eigenvalue weighted by molar-refractivity contribution is 7.99. The van der Waals surface area contributed by atoms with E-state index in [1.807, 2.05) is 0 Å². The van der Waals surface area contributed by atoms with Gasteiger partial charge in [0.25, 0.3) is 0 Å².